The van der Waals surface area contributed by atoms with Gasteiger partial charge in [0.2, 0.25) is 0 Å². The van der Waals surface area contributed by atoms with Crippen LogP contribution in [0.15, 0.2) is 35.4 Å². The molecular weight excluding hydrogens is 364 g/mol. The van der Waals surface area contributed by atoms with E-state index in [-0.39, 0.29) is 11.6 Å². The predicted octanol–water partition coefficient (Wildman–Crippen LogP) is 3.31. The molecular formula is C19H19ClN6O. The zero-order valence-electron chi connectivity index (χ0n) is 15.3. The van der Waals surface area contributed by atoms with Crippen molar-refractivity contribution in [2.24, 2.45) is 0 Å². The van der Waals surface area contributed by atoms with Crippen molar-refractivity contribution in [2.75, 3.05) is 5.73 Å². The number of aromatic nitrogens is 5. The molecule has 27 heavy (non-hydrogen) atoms. The van der Waals surface area contributed by atoms with Crippen LogP contribution in [-0.4, -0.2) is 24.3 Å². The fraction of sp³-hybridized carbons (Fsp3) is 0.263. The lowest BCUT2D eigenvalue weighted by Crippen LogP contribution is -2.27. The lowest BCUT2D eigenvalue weighted by molar-refractivity contribution is 0.533. The lowest BCUT2D eigenvalue weighted by Gasteiger charge is -2.18. The molecule has 3 aromatic heterocycles. The number of benzene rings is 1. The number of fused-ring (bicyclic) bond motifs is 2. The molecule has 0 aliphatic carbocycles. The third kappa shape index (κ3) is 2.75. The maximum Gasteiger partial charge on any atom is 0.260 e. The van der Waals surface area contributed by atoms with E-state index in [1.807, 2.05) is 39.0 Å². The smallest absolute Gasteiger partial charge is 0.260 e. The van der Waals surface area contributed by atoms with E-state index in [4.69, 9.17) is 17.3 Å². The highest BCUT2D eigenvalue weighted by Crippen LogP contribution is 2.25. The van der Waals surface area contributed by atoms with Crippen molar-refractivity contribution in [1.82, 2.24) is 24.3 Å². The first-order valence-electron chi connectivity index (χ1n) is 8.64. The van der Waals surface area contributed by atoms with Crippen LogP contribution in [-0.2, 0) is 6.54 Å². The van der Waals surface area contributed by atoms with E-state index in [9.17, 15) is 4.79 Å². The number of rotatable bonds is 3. The Kier molecular flexibility index (Phi) is 4.11. The summed E-state index contributed by atoms with van der Waals surface area (Å²) in [5, 5.41) is 7.10. The monoisotopic (exact) mass is 382 g/mol. The van der Waals surface area contributed by atoms with Gasteiger partial charge in [-0.25, -0.2) is 14.6 Å². The quantitative estimate of drug-likeness (QED) is 0.586. The van der Waals surface area contributed by atoms with Crippen molar-refractivity contribution in [2.45, 2.75) is 33.4 Å². The van der Waals surface area contributed by atoms with Gasteiger partial charge in [-0.05, 0) is 38.3 Å². The summed E-state index contributed by atoms with van der Waals surface area (Å²) in [5.41, 5.74) is 8.10. The van der Waals surface area contributed by atoms with Gasteiger partial charge in [0.05, 0.1) is 28.0 Å². The standard InChI is InChI=1S/C19H19ClN6O/c1-10(2)26-13(7-12-5-4-6-14(20)16(12)19(26)27)8-25-18-15(11(3)24-25)17(21)22-9-23-18/h4-7,9-10H,8H2,1-3H3,(H2,21,22,23). The fourth-order valence-electron chi connectivity index (χ4n) is 3.55. The van der Waals surface area contributed by atoms with Gasteiger partial charge in [-0.15, -0.1) is 0 Å². The maximum atomic E-state index is 13.1. The molecule has 3 heterocycles. The molecule has 0 saturated heterocycles. The number of nitrogens with zero attached hydrogens (tertiary/aromatic N) is 5. The van der Waals surface area contributed by atoms with Crippen LogP contribution in [0.3, 0.4) is 0 Å². The van der Waals surface area contributed by atoms with E-state index < -0.39 is 0 Å². The highest BCUT2D eigenvalue weighted by Gasteiger charge is 2.17. The second-order valence-electron chi connectivity index (χ2n) is 6.81. The fourth-order valence-corrected chi connectivity index (χ4v) is 3.81. The van der Waals surface area contributed by atoms with Gasteiger partial charge in [-0.3, -0.25) is 4.79 Å². The number of nitrogens with two attached hydrogens (primary N) is 1. The Labute approximate surface area is 160 Å². The zero-order chi connectivity index (χ0) is 19.3. The van der Waals surface area contributed by atoms with Crippen molar-refractivity contribution < 1.29 is 0 Å². The number of nitrogen functional groups attached to an aromatic ring is 1. The number of hydrogen-bond donors (Lipinski definition) is 1. The van der Waals surface area contributed by atoms with E-state index in [2.05, 4.69) is 15.1 Å². The van der Waals surface area contributed by atoms with Crippen LogP contribution in [0.5, 0.6) is 0 Å². The largest absolute Gasteiger partial charge is 0.383 e. The van der Waals surface area contributed by atoms with Crippen molar-refractivity contribution in [3.8, 4) is 0 Å². The second-order valence-corrected chi connectivity index (χ2v) is 7.22. The summed E-state index contributed by atoms with van der Waals surface area (Å²) in [6.07, 6.45) is 1.42. The number of aryl methyl sites for hydroxylation is 1. The second kappa shape index (κ2) is 6.35. The van der Waals surface area contributed by atoms with Gasteiger partial charge in [-0.1, -0.05) is 23.7 Å². The normalized spacial score (nSPS) is 11.7. The summed E-state index contributed by atoms with van der Waals surface area (Å²) < 4.78 is 3.51. The highest BCUT2D eigenvalue weighted by atomic mass is 35.5. The lowest BCUT2D eigenvalue weighted by atomic mass is 10.1. The summed E-state index contributed by atoms with van der Waals surface area (Å²) in [6.45, 7) is 6.20. The number of anilines is 1. The summed E-state index contributed by atoms with van der Waals surface area (Å²) >= 11 is 6.29. The molecule has 0 fully saturated rings. The van der Waals surface area contributed by atoms with Gasteiger partial charge in [0, 0.05) is 11.7 Å². The Morgan fingerprint density at radius 3 is 2.74 bits per heavy atom. The third-order valence-corrected chi connectivity index (χ3v) is 4.99. The number of pyridine rings is 1. The van der Waals surface area contributed by atoms with Gasteiger partial charge in [0.1, 0.15) is 12.1 Å². The minimum atomic E-state index is -0.106. The molecule has 8 heteroatoms. The predicted molar refractivity (Wildman–Crippen MR) is 107 cm³/mol. The first-order chi connectivity index (χ1) is 12.9. The first kappa shape index (κ1) is 17.5. The molecule has 138 valence electrons. The van der Waals surface area contributed by atoms with E-state index in [0.29, 0.717) is 28.4 Å². The number of halogens is 1. The van der Waals surface area contributed by atoms with Crippen molar-refractivity contribution >= 4 is 39.2 Å². The van der Waals surface area contributed by atoms with Crippen LogP contribution in [0.1, 0.15) is 31.3 Å². The minimum Gasteiger partial charge on any atom is -0.383 e. The first-order valence-corrected chi connectivity index (χ1v) is 9.02. The van der Waals surface area contributed by atoms with E-state index in [1.165, 1.54) is 6.33 Å². The SMILES string of the molecule is Cc1nn(Cc2cc3cccc(Cl)c3c(=O)n2C(C)C)c2ncnc(N)c12. The van der Waals surface area contributed by atoms with Crippen molar-refractivity contribution in [3.05, 3.63) is 57.4 Å². The molecule has 0 aliphatic rings. The van der Waals surface area contributed by atoms with Crippen LogP contribution in [0.4, 0.5) is 5.82 Å². The molecule has 0 spiro atoms. The molecule has 0 amide bonds. The summed E-state index contributed by atoms with van der Waals surface area (Å²) in [4.78, 5) is 21.5. The third-order valence-electron chi connectivity index (χ3n) is 4.67. The Morgan fingerprint density at radius 1 is 1.22 bits per heavy atom. The molecule has 0 saturated carbocycles. The maximum absolute atomic E-state index is 13.1. The van der Waals surface area contributed by atoms with Gasteiger partial charge < -0.3 is 10.3 Å². The molecule has 4 rings (SSSR count). The Bertz CT molecular complexity index is 1240. The van der Waals surface area contributed by atoms with Gasteiger partial charge in [-0.2, -0.15) is 5.10 Å². The molecule has 0 aliphatic heterocycles. The van der Waals surface area contributed by atoms with Crippen LogP contribution in [0, 0.1) is 6.92 Å². The molecule has 1 aromatic carbocycles. The molecule has 0 atom stereocenters. The van der Waals surface area contributed by atoms with Crippen LogP contribution >= 0.6 is 11.6 Å². The van der Waals surface area contributed by atoms with E-state index in [0.717, 1.165) is 22.2 Å². The minimum absolute atomic E-state index is 0.0317. The molecule has 7 nitrogen and oxygen atoms in total. The van der Waals surface area contributed by atoms with Crippen LogP contribution in [0.25, 0.3) is 21.8 Å². The summed E-state index contributed by atoms with van der Waals surface area (Å²) in [7, 11) is 0. The highest BCUT2D eigenvalue weighted by molar-refractivity contribution is 6.35. The van der Waals surface area contributed by atoms with Gasteiger partial charge >= 0.3 is 0 Å². The summed E-state index contributed by atoms with van der Waals surface area (Å²) in [6, 6.07) is 7.42. The van der Waals surface area contributed by atoms with Gasteiger partial charge in [0.25, 0.3) is 5.56 Å². The van der Waals surface area contributed by atoms with Crippen molar-refractivity contribution in [1.29, 1.82) is 0 Å². The average molecular weight is 383 g/mol. The molecule has 0 radical (unpaired) electrons. The van der Waals surface area contributed by atoms with Crippen LogP contribution in [0.2, 0.25) is 5.02 Å². The Hall–Kier alpha value is -2.93. The number of hydrogen-bond acceptors (Lipinski definition) is 5. The molecule has 4 aromatic rings. The van der Waals surface area contributed by atoms with Crippen molar-refractivity contribution in [3.63, 3.8) is 0 Å². The molecule has 2 N–H and O–H groups in total. The van der Waals surface area contributed by atoms with Gasteiger partial charge in [0.15, 0.2) is 5.65 Å². The molecule has 0 bridgehead atoms. The van der Waals surface area contributed by atoms with E-state index >= 15 is 0 Å². The zero-order valence-corrected chi connectivity index (χ0v) is 16.0. The topological polar surface area (TPSA) is 91.6 Å². The van der Waals surface area contributed by atoms with E-state index in [1.54, 1.807) is 15.3 Å². The Morgan fingerprint density at radius 2 is 2.00 bits per heavy atom. The average Bonchev–Trinajstić information content (AvgIpc) is 2.91. The summed E-state index contributed by atoms with van der Waals surface area (Å²) in [5.74, 6) is 0.398. The van der Waals surface area contributed by atoms with Crippen LogP contribution < -0.4 is 11.3 Å². The molecule has 0 unspecified atom stereocenters. The Balaban J connectivity index is 1.97.